The Kier molecular flexibility index (Phi) is 4.72. The van der Waals surface area contributed by atoms with E-state index < -0.39 is 0 Å². The number of nitrogens with zero attached hydrogens (tertiary/aromatic N) is 1. The number of hydrogen-bond acceptors (Lipinski definition) is 1. The molecule has 2 bridgehead atoms. The summed E-state index contributed by atoms with van der Waals surface area (Å²) < 4.78 is 14.4. The normalized spacial score (nSPS) is 23.4. The Morgan fingerprint density at radius 3 is 2.68 bits per heavy atom. The maximum absolute atomic E-state index is 14.4. The predicted molar refractivity (Wildman–Crippen MR) is 101 cm³/mol. The molecule has 130 valence electrons. The molecule has 2 heteroatoms. The van der Waals surface area contributed by atoms with Crippen LogP contribution >= 0.6 is 0 Å². The number of aryl methyl sites for hydroxylation is 1. The Bertz CT molecular complexity index is 765. The highest BCUT2D eigenvalue weighted by molar-refractivity contribution is 5.31. The van der Waals surface area contributed by atoms with E-state index in [1.54, 1.807) is 0 Å². The highest BCUT2D eigenvalue weighted by atomic mass is 19.1. The topological polar surface area (TPSA) is 3.24 Å². The molecule has 25 heavy (non-hydrogen) atoms. The molecule has 0 spiro atoms. The SMILES string of the molecule is Cc1cccc(CC2=CC3CCCC(C2)N3Cc2ccccc2)c1F. The van der Waals surface area contributed by atoms with Crippen molar-refractivity contribution < 1.29 is 4.39 Å². The van der Waals surface area contributed by atoms with Gasteiger partial charge in [0.1, 0.15) is 5.82 Å². The van der Waals surface area contributed by atoms with Crippen molar-refractivity contribution in [1.82, 2.24) is 4.90 Å². The molecule has 2 unspecified atom stereocenters. The molecule has 1 nitrogen and oxygen atoms in total. The lowest BCUT2D eigenvalue weighted by Gasteiger charge is -2.45. The van der Waals surface area contributed by atoms with Crippen molar-refractivity contribution in [2.75, 3.05) is 0 Å². The molecule has 2 aromatic carbocycles. The van der Waals surface area contributed by atoms with Crippen LogP contribution in [0.25, 0.3) is 0 Å². The van der Waals surface area contributed by atoms with Crippen molar-refractivity contribution in [3.8, 4) is 0 Å². The van der Waals surface area contributed by atoms with Gasteiger partial charge in [-0.2, -0.15) is 0 Å². The van der Waals surface area contributed by atoms with Crippen LogP contribution in [0.2, 0.25) is 0 Å². The maximum Gasteiger partial charge on any atom is 0.129 e. The zero-order valence-electron chi connectivity index (χ0n) is 14.9. The van der Waals surface area contributed by atoms with Crippen LogP contribution in [0.15, 0.2) is 60.2 Å². The molecule has 0 aromatic heterocycles. The fraction of sp³-hybridized carbons (Fsp3) is 0.391. The molecule has 0 radical (unpaired) electrons. The summed E-state index contributed by atoms with van der Waals surface area (Å²) in [4.78, 5) is 2.66. The molecule has 4 rings (SSSR count). The molecule has 2 heterocycles. The first-order valence-electron chi connectivity index (χ1n) is 9.44. The second kappa shape index (κ2) is 7.13. The first-order chi connectivity index (χ1) is 12.2. The minimum Gasteiger partial charge on any atom is -0.289 e. The average molecular weight is 335 g/mol. The van der Waals surface area contributed by atoms with E-state index in [4.69, 9.17) is 0 Å². The second-order valence-electron chi connectivity index (χ2n) is 7.56. The molecule has 2 atom stereocenters. The third-order valence-corrected chi connectivity index (χ3v) is 5.76. The maximum atomic E-state index is 14.4. The highest BCUT2D eigenvalue weighted by Gasteiger charge is 2.33. The minimum atomic E-state index is -0.0275. The summed E-state index contributed by atoms with van der Waals surface area (Å²) >= 11 is 0. The number of hydrogen-bond donors (Lipinski definition) is 0. The molecular formula is C23H26FN. The van der Waals surface area contributed by atoms with Crippen LogP contribution in [0.1, 0.15) is 42.4 Å². The standard InChI is InChI=1S/C23H26FN/c1-17-7-5-10-20(23(17)24)13-19-14-21-11-6-12-22(15-19)25(21)16-18-8-3-2-4-9-18/h2-5,7-10,14,21-22H,6,11-13,15-16H2,1H3. The van der Waals surface area contributed by atoms with Gasteiger partial charge in [0, 0.05) is 18.6 Å². The summed E-state index contributed by atoms with van der Waals surface area (Å²) in [6, 6.07) is 17.6. The van der Waals surface area contributed by atoms with Gasteiger partial charge in [-0.25, -0.2) is 4.39 Å². The van der Waals surface area contributed by atoms with Gasteiger partial charge < -0.3 is 0 Å². The minimum absolute atomic E-state index is 0.0275. The zero-order chi connectivity index (χ0) is 17.2. The lowest BCUT2D eigenvalue weighted by molar-refractivity contribution is 0.0880. The van der Waals surface area contributed by atoms with Crippen molar-refractivity contribution in [2.24, 2.45) is 0 Å². The van der Waals surface area contributed by atoms with Crippen LogP contribution in [0.4, 0.5) is 4.39 Å². The van der Waals surface area contributed by atoms with Crippen LogP contribution in [0.3, 0.4) is 0 Å². The van der Waals surface area contributed by atoms with E-state index >= 15 is 0 Å². The molecular weight excluding hydrogens is 309 g/mol. The van der Waals surface area contributed by atoms with Crippen molar-refractivity contribution in [1.29, 1.82) is 0 Å². The fourth-order valence-electron chi connectivity index (χ4n) is 4.47. The van der Waals surface area contributed by atoms with Crippen LogP contribution in [-0.2, 0) is 13.0 Å². The second-order valence-corrected chi connectivity index (χ2v) is 7.56. The first-order valence-corrected chi connectivity index (χ1v) is 9.44. The predicted octanol–water partition coefficient (Wildman–Crippen LogP) is 5.43. The van der Waals surface area contributed by atoms with Crippen molar-refractivity contribution in [3.63, 3.8) is 0 Å². The van der Waals surface area contributed by atoms with E-state index in [0.29, 0.717) is 12.1 Å². The summed E-state index contributed by atoms with van der Waals surface area (Å²) in [6.07, 6.45) is 8.07. The van der Waals surface area contributed by atoms with Gasteiger partial charge in [-0.05, 0) is 49.3 Å². The summed E-state index contributed by atoms with van der Waals surface area (Å²) in [5.41, 5.74) is 4.41. The molecule has 0 aliphatic carbocycles. The lowest BCUT2D eigenvalue weighted by Crippen LogP contribution is -2.48. The number of piperidine rings is 1. The molecule has 0 N–H and O–H groups in total. The summed E-state index contributed by atoms with van der Waals surface area (Å²) in [6.45, 7) is 2.88. The van der Waals surface area contributed by atoms with Gasteiger partial charge in [0.2, 0.25) is 0 Å². The number of benzene rings is 2. The Morgan fingerprint density at radius 1 is 1.04 bits per heavy atom. The van der Waals surface area contributed by atoms with E-state index in [1.165, 1.54) is 30.4 Å². The van der Waals surface area contributed by atoms with E-state index in [-0.39, 0.29) is 5.82 Å². The van der Waals surface area contributed by atoms with Gasteiger partial charge in [0.25, 0.3) is 0 Å². The van der Waals surface area contributed by atoms with Crippen molar-refractivity contribution >= 4 is 0 Å². The smallest absolute Gasteiger partial charge is 0.129 e. The van der Waals surface area contributed by atoms with E-state index in [1.807, 2.05) is 25.1 Å². The quantitative estimate of drug-likeness (QED) is 0.673. The molecule has 2 aliphatic heterocycles. The number of fused-ring (bicyclic) bond motifs is 2. The van der Waals surface area contributed by atoms with E-state index in [2.05, 4.69) is 41.3 Å². The lowest BCUT2D eigenvalue weighted by atomic mass is 9.82. The third kappa shape index (κ3) is 3.55. The Morgan fingerprint density at radius 2 is 1.88 bits per heavy atom. The molecule has 2 aromatic rings. The Labute approximate surface area is 150 Å². The van der Waals surface area contributed by atoms with Crippen molar-refractivity contribution in [2.45, 2.75) is 57.7 Å². The Balaban J connectivity index is 1.54. The zero-order valence-corrected chi connectivity index (χ0v) is 14.9. The fourth-order valence-corrected chi connectivity index (χ4v) is 4.47. The largest absolute Gasteiger partial charge is 0.289 e. The molecule has 0 saturated carbocycles. The van der Waals surface area contributed by atoms with Crippen LogP contribution in [-0.4, -0.2) is 17.0 Å². The number of rotatable bonds is 4. The molecule has 0 amide bonds. The number of halogens is 1. The summed E-state index contributed by atoms with van der Waals surface area (Å²) in [5, 5.41) is 0. The molecule has 2 aliphatic rings. The van der Waals surface area contributed by atoms with Gasteiger partial charge in [-0.15, -0.1) is 0 Å². The van der Waals surface area contributed by atoms with Gasteiger partial charge in [-0.1, -0.05) is 66.6 Å². The molecule has 1 saturated heterocycles. The summed E-state index contributed by atoms with van der Waals surface area (Å²) in [5.74, 6) is -0.0275. The molecule has 1 fully saturated rings. The van der Waals surface area contributed by atoms with E-state index in [9.17, 15) is 4.39 Å². The van der Waals surface area contributed by atoms with E-state index in [0.717, 1.165) is 30.5 Å². The third-order valence-electron chi connectivity index (χ3n) is 5.76. The van der Waals surface area contributed by atoms with Crippen LogP contribution in [0.5, 0.6) is 0 Å². The van der Waals surface area contributed by atoms with Gasteiger partial charge in [0.15, 0.2) is 0 Å². The van der Waals surface area contributed by atoms with Gasteiger partial charge >= 0.3 is 0 Å². The van der Waals surface area contributed by atoms with Crippen LogP contribution < -0.4 is 0 Å². The Hall–Kier alpha value is -1.93. The highest BCUT2D eigenvalue weighted by Crippen LogP contribution is 2.35. The monoisotopic (exact) mass is 335 g/mol. The van der Waals surface area contributed by atoms with Gasteiger partial charge in [0.05, 0.1) is 0 Å². The van der Waals surface area contributed by atoms with Gasteiger partial charge in [-0.3, -0.25) is 4.90 Å². The first kappa shape index (κ1) is 16.5. The van der Waals surface area contributed by atoms with Crippen LogP contribution in [0, 0.1) is 12.7 Å². The average Bonchev–Trinajstić information content (AvgIpc) is 2.60. The van der Waals surface area contributed by atoms with Crippen molar-refractivity contribution in [3.05, 3.63) is 82.7 Å². The summed E-state index contributed by atoms with van der Waals surface area (Å²) in [7, 11) is 0.